The predicted molar refractivity (Wildman–Crippen MR) is 83.8 cm³/mol. The first kappa shape index (κ1) is 15.6. The maximum atomic E-state index is 12.3. The van der Waals surface area contributed by atoms with E-state index in [1.165, 1.54) is 35.9 Å². The molecule has 1 heterocycles. The number of aromatic nitrogens is 2. The number of anilines is 1. The second kappa shape index (κ2) is 6.76. The Morgan fingerprint density at radius 2 is 2.20 bits per heavy atom. The number of carbonyl (C=O) groups is 1. The molecule has 2 rings (SSSR count). The number of nitrogens with zero attached hydrogens (tertiary/aromatic N) is 2. The minimum atomic E-state index is -0.174. The summed E-state index contributed by atoms with van der Waals surface area (Å²) in [5, 5.41) is 11.2. The molecule has 1 amide bonds. The number of amides is 1. The van der Waals surface area contributed by atoms with Gasteiger partial charge in [-0.25, -0.2) is 0 Å². The van der Waals surface area contributed by atoms with Crippen molar-refractivity contribution in [3.05, 3.63) is 0 Å². The number of nitrogen functional groups attached to an aromatic ring is 1. The molecule has 0 bridgehead atoms. The average molecular weight is 314 g/mol. The van der Waals surface area contributed by atoms with Crippen molar-refractivity contribution < 1.29 is 4.79 Å². The highest BCUT2D eigenvalue weighted by Gasteiger charge is 2.29. The van der Waals surface area contributed by atoms with Gasteiger partial charge in [0.25, 0.3) is 0 Å². The summed E-state index contributed by atoms with van der Waals surface area (Å²) in [6.07, 6.45) is 3.55. The summed E-state index contributed by atoms with van der Waals surface area (Å²) in [5.74, 6) is 1.30. The van der Waals surface area contributed by atoms with E-state index in [2.05, 4.69) is 29.4 Å². The molecule has 3 N–H and O–H groups in total. The highest BCUT2D eigenvalue weighted by atomic mass is 32.2. The van der Waals surface area contributed by atoms with Crippen LogP contribution in [0.5, 0.6) is 0 Å². The van der Waals surface area contributed by atoms with Crippen LogP contribution in [0.15, 0.2) is 4.34 Å². The molecule has 0 radical (unpaired) electrons. The Bertz CT molecular complexity index is 465. The summed E-state index contributed by atoms with van der Waals surface area (Å²) in [6.45, 7) is 6.40. The van der Waals surface area contributed by atoms with Crippen molar-refractivity contribution in [2.45, 2.75) is 55.7 Å². The molecule has 0 unspecified atom stereocenters. The van der Waals surface area contributed by atoms with Gasteiger partial charge in [-0.2, -0.15) is 0 Å². The number of hydrogen-bond donors (Lipinski definition) is 2. The Labute approximate surface area is 128 Å². The molecule has 1 aliphatic carbocycles. The number of hydrogen-bond acceptors (Lipinski definition) is 6. The van der Waals surface area contributed by atoms with Crippen molar-refractivity contribution >= 4 is 34.1 Å². The van der Waals surface area contributed by atoms with Gasteiger partial charge in [-0.1, -0.05) is 49.8 Å². The van der Waals surface area contributed by atoms with Gasteiger partial charge in [0.2, 0.25) is 11.0 Å². The standard InChI is InChI=1S/C13H22N4OS2/c1-7-5-4-6-10(8(7)2)15-11(18)9(3)19-13-17-16-12(14)20-13/h7-10H,4-6H2,1-3H3,(H2,14,16)(H,15,18)/t7-,8+,9+,10-/m1/s1. The molecule has 0 aromatic carbocycles. The highest BCUT2D eigenvalue weighted by Crippen LogP contribution is 2.31. The Kier molecular flexibility index (Phi) is 5.26. The van der Waals surface area contributed by atoms with E-state index in [9.17, 15) is 4.79 Å². The molecule has 4 atom stereocenters. The van der Waals surface area contributed by atoms with E-state index in [-0.39, 0.29) is 11.2 Å². The van der Waals surface area contributed by atoms with Crippen LogP contribution in [0, 0.1) is 11.8 Å². The summed E-state index contributed by atoms with van der Waals surface area (Å²) < 4.78 is 0.746. The lowest BCUT2D eigenvalue weighted by Crippen LogP contribution is -2.46. The molecule has 0 aliphatic heterocycles. The Morgan fingerprint density at radius 3 is 2.85 bits per heavy atom. The van der Waals surface area contributed by atoms with Crippen LogP contribution in [0.1, 0.15) is 40.0 Å². The third-order valence-electron chi connectivity index (χ3n) is 4.10. The van der Waals surface area contributed by atoms with E-state index in [0.29, 0.717) is 23.0 Å². The van der Waals surface area contributed by atoms with Crippen LogP contribution in [0.4, 0.5) is 5.13 Å². The van der Waals surface area contributed by atoms with Gasteiger partial charge in [0.1, 0.15) is 0 Å². The molecule has 1 fully saturated rings. The van der Waals surface area contributed by atoms with Crippen LogP contribution in [0.25, 0.3) is 0 Å². The van der Waals surface area contributed by atoms with E-state index < -0.39 is 0 Å². The van der Waals surface area contributed by atoms with Crippen LogP contribution < -0.4 is 11.1 Å². The van der Waals surface area contributed by atoms with Gasteiger partial charge in [-0.05, 0) is 25.2 Å². The lowest BCUT2D eigenvalue weighted by atomic mass is 9.78. The van der Waals surface area contributed by atoms with Crippen molar-refractivity contribution in [1.82, 2.24) is 15.5 Å². The van der Waals surface area contributed by atoms with E-state index >= 15 is 0 Å². The zero-order valence-electron chi connectivity index (χ0n) is 12.1. The van der Waals surface area contributed by atoms with Crippen LogP contribution in [0.3, 0.4) is 0 Å². The minimum absolute atomic E-state index is 0.0784. The molecule has 1 saturated carbocycles. The highest BCUT2D eigenvalue weighted by molar-refractivity contribution is 8.02. The smallest absolute Gasteiger partial charge is 0.233 e. The molecule has 1 aromatic heterocycles. The van der Waals surface area contributed by atoms with Crippen LogP contribution >= 0.6 is 23.1 Å². The number of nitrogens with one attached hydrogen (secondary N) is 1. The van der Waals surface area contributed by atoms with Crippen LogP contribution in [-0.2, 0) is 4.79 Å². The molecule has 0 saturated heterocycles. The molecule has 1 aromatic rings. The number of carbonyl (C=O) groups excluding carboxylic acids is 1. The van der Waals surface area contributed by atoms with E-state index in [4.69, 9.17) is 5.73 Å². The number of thioether (sulfide) groups is 1. The summed E-state index contributed by atoms with van der Waals surface area (Å²) in [4.78, 5) is 12.3. The predicted octanol–water partition coefficient (Wildman–Crippen LogP) is 2.54. The van der Waals surface area contributed by atoms with Crippen LogP contribution in [-0.4, -0.2) is 27.4 Å². The molecule has 1 aliphatic rings. The van der Waals surface area contributed by atoms with Crippen molar-refractivity contribution in [2.75, 3.05) is 5.73 Å². The van der Waals surface area contributed by atoms with Crippen molar-refractivity contribution in [3.8, 4) is 0 Å². The van der Waals surface area contributed by atoms with Gasteiger partial charge in [-0.15, -0.1) is 10.2 Å². The molecular formula is C13H22N4OS2. The molecular weight excluding hydrogens is 292 g/mol. The maximum absolute atomic E-state index is 12.3. The molecule has 5 nitrogen and oxygen atoms in total. The van der Waals surface area contributed by atoms with E-state index in [0.717, 1.165) is 10.8 Å². The van der Waals surface area contributed by atoms with Gasteiger partial charge >= 0.3 is 0 Å². The quantitative estimate of drug-likeness (QED) is 0.835. The third kappa shape index (κ3) is 3.85. The van der Waals surface area contributed by atoms with E-state index in [1.54, 1.807) is 0 Å². The largest absolute Gasteiger partial charge is 0.374 e. The Balaban J connectivity index is 1.87. The van der Waals surface area contributed by atoms with Gasteiger partial charge < -0.3 is 11.1 Å². The normalized spacial score (nSPS) is 28.1. The fourth-order valence-corrected chi connectivity index (χ4v) is 4.35. The first-order valence-electron chi connectivity index (χ1n) is 7.03. The minimum Gasteiger partial charge on any atom is -0.374 e. The van der Waals surface area contributed by atoms with Crippen LogP contribution in [0.2, 0.25) is 0 Å². The molecule has 0 spiro atoms. The topological polar surface area (TPSA) is 80.9 Å². The molecule has 7 heteroatoms. The van der Waals surface area contributed by atoms with Crippen molar-refractivity contribution in [1.29, 1.82) is 0 Å². The maximum Gasteiger partial charge on any atom is 0.233 e. The summed E-state index contributed by atoms with van der Waals surface area (Å²) in [5.41, 5.74) is 5.54. The average Bonchev–Trinajstić information content (AvgIpc) is 2.80. The Hall–Kier alpha value is -0.820. The third-order valence-corrected chi connectivity index (χ3v) is 6.04. The molecule has 112 valence electrons. The van der Waals surface area contributed by atoms with Crippen molar-refractivity contribution in [2.24, 2.45) is 11.8 Å². The Morgan fingerprint density at radius 1 is 1.45 bits per heavy atom. The summed E-state index contributed by atoms with van der Waals surface area (Å²) in [6, 6.07) is 0.300. The van der Waals surface area contributed by atoms with Crippen molar-refractivity contribution in [3.63, 3.8) is 0 Å². The fraction of sp³-hybridized carbons (Fsp3) is 0.769. The van der Waals surface area contributed by atoms with Gasteiger partial charge in [0.15, 0.2) is 4.34 Å². The van der Waals surface area contributed by atoms with E-state index in [1.807, 2.05) is 6.92 Å². The lowest BCUT2D eigenvalue weighted by molar-refractivity contribution is -0.121. The van der Waals surface area contributed by atoms with Gasteiger partial charge in [-0.3, -0.25) is 4.79 Å². The fourth-order valence-electron chi connectivity index (χ4n) is 2.56. The summed E-state index contributed by atoms with van der Waals surface area (Å²) in [7, 11) is 0. The zero-order chi connectivity index (χ0) is 14.7. The zero-order valence-corrected chi connectivity index (χ0v) is 13.8. The van der Waals surface area contributed by atoms with Gasteiger partial charge in [0, 0.05) is 6.04 Å². The van der Waals surface area contributed by atoms with Gasteiger partial charge in [0.05, 0.1) is 5.25 Å². The SMILES string of the molecule is C[C@H]1[C@H](C)CCC[C@H]1NC(=O)[C@H](C)Sc1nnc(N)s1. The molecule has 20 heavy (non-hydrogen) atoms. The first-order valence-corrected chi connectivity index (χ1v) is 8.73. The lowest BCUT2D eigenvalue weighted by Gasteiger charge is -2.35. The summed E-state index contributed by atoms with van der Waals surface area (Å²) >= 11 is 2.73. The first-order chi connectivity index (χ1) is 9.47. The second-order valence-electron chi connectivity index (χ2n) is 5.55. The monoisotopic (exact) mass is 314 g/mol. The number of rotatable bonds is 4. The second-order valence-corrected chi connectivity index (χ2v) is 8.15. The number of nitrogens with two attached hydrogens (primary N) is 1.